The van der Waals surface area contributed by atoms with Gasteiger partial charge in [-0.1, -0.05) is 42.8 Å². The second-order valence-corrected chi connectivity index (χ2v) is 5.99. The molecule has 2 aromatic carbocycles. The van der Waals surface area contributed by atoms with E-state index < -0.39 is 0 Å². The number of halogens is 1. The van der Waals surface area contributed by atoms with Gasteiger partial charge in [0.05, 0.1) is 11.1 Å². The standard InChI is InChI=1S/C18H16ClNO2/c1-12(13-6-8-14(19)9-7-13)10-11-20-17(21)15-4-2-3-5-16(15)18(20)22/h2-9,12H,10-11H2,1H3. The van der Waals surface area contributed by atoms with Gasteiger partial charge in [0.2, 0.25) is 0 Å². The summed E-state index contributed by atoms with van der Waals surface area (Å²) < 4.78 is 0. The minimum Gasteiger partial charge on any atom is -0.274 e. The normalized spacial score (nSPS) is 15.1. The second kappa shape index (κ2) is 5.93. The Hall–Kier alpha value is -2.13. The Morgan fingerprint density at radius 2 is 1.50 bits per heavy atom. The molecule has 0 saturated heterocycles. The third-order valence-electron chi connectivity index (χ3n) is 4.10. The molecule has 3 rings (SSSR count). The molecule has 22 heavy (non-hydrogen) atoms. The number of amides is 2. The molecule has 0 N–H and O–H groups in total. The minimum absolute atomic E-state index is 0.191. The fourth-order valence-corrected chi connectivity index (χ4v) is 2.85. The topological polar surface area (TPSA) is 37.4 Å². The van der Waals surface area contributed by atoms with Gasteiger partial charge in [-0.2, -0.15) is 0 Å². The molecule has 2 amide bonds. The van der Waals surface area contributed by atoms with E-state index in [1.165, 1.54) is 4.90 Å². The van der Waals surface area contributed by atoms with Gasteiger partial charge in [0.15, 0.2) is 0 Å². The van der Waals surface area contributed by atoms with Crippen LogP contribution >= 0.6 is 11.6 Å². The Bertz CT molecular complexity index is 689. The van der Waals surface area contributed by atoms with Crippen LogP contribution in [0.1, 0.15) is 45.5 Å². The van der Waals surface area contributed by atoms with E-state index in [1.54, 1.807) is 24.3 Å². The zero-order chi connectivity index (χ0) is 15.7. The van der Waals surface area contributed by atoms with E-state index >= 15 is 0 Å². The van der Waals surface area contributed by atoms with Crippen molar-refractivity contribution in [2.45, 2.75) is 19.3 Å². The van der Waals surface area contributed by atoms with E-state index in [0.717, 1.165) is 12.0 Å². The molecule has 0 radical (unpaired) electrons. The van der Waals surface area contributed by atoms with Gasteiger partial charge in [0, 0.05) is 11.6 Å². The summed E-state index contributed by atoms with van der Waals surface area (Å²) in [5, 5.41) is 0.705. The number of benzene rings is 2. The summed E-state index contributed by atoms with van der Waals surface area (Å²) in [7, 11) is 0. The minimum atomic E-state index is -0.191. The smallest absolute Gasteiger partial charge is 0.261 e. The first-order chi connectivity index (χ1) is 10.6. The third-order valence-corrected chi connectivity index (χ3v) is 4.35. The number of rotatable bonds is 4. The van der Waals surface area contributed by atoms with Gasteiger partial charge in [0.1, 0.15) is 0 Å². The van der Waals surface area contributed by atoms with Crippen molar-refractivity contribution in [3.05, 3.63) is 70.2 Å². The first-order valence-electron chi connectivity index (χ1n) is 7.28. The lowest BCUT2D eigenvalue weighted by Gasteiger charge is -2.17. The molecular formula is C18H16ClNO2. The van der Waals surface area contributed by atoms with Gasteiger partial charge in [-0.25, -0.2) is 0 Å². The van der Waals surface area contributed by atoms with Crippen LogP contribution in [-0.4, -0.2) is 23.3 Å². The van der Waals surface area contributed by atoms with Crippen molar-refractivity contribution in [3.63, 3.8) is 0 Å². The Morgan fingerprint density at radius 3 is 2.05 bits per heavy atom. The Morgan fingerprint density at radius 1 is 0.955 bits per heavy atom. The van der Waals surface area contributed by atoms with Crippen LogP contribution in [0, 0.1) is 0 Å². The van der Waals surface area contributed by atoms with Crippen LogP contribution < -0.4 is 0 Å². The molecule has 1 atom stereocenters. The van der Waals surface area contributed by atoms with Crippen molar-refractivity contribution in [3.8, 4) is 0 Å². The third kappa shape index (κ3) is 2.64. The largest absolute Gasteiger partial charge is 0.274 e. The van der Waals surface area contributed by atoms with E-state index in [4.69, 9.17) is 11.6 Å². The summed E-state index contributed by atoms with van der Waals surface area (Å²) in [6, 6.07) is 14.7. The van der Waals surface area contributed by atoms with Crippen molar-refractivity contribution in [1.29, 1.82) is 0 Å². The molecule has 4 heteroatoms. The van der Waals surface area contributed by atoms with Crippen LogP contribution in [0.15, 0.2) is 48.5 Å². The molecule has 0 aliphatic carbocycles. The molecule has 1 heterocycles. The maximum Gasteiger partial charge on any atom is 0.261 e. The highest BCUT2D eigenvalue weighted by Crippen LogP contribution is 2.26. The SMILES string of the molecule is CC(CCN1C(=O)c2ccccc2C1=O)c1ccc(Cl)cc1. The highest BCUT2D eigenvalue weighted by Gasteiger charge is 2.34. The molecule has 1 aliphatic heterocycles. The molecule has 1 unspecified atom stereocenters. The first kappa shape index (κ1) is 14.8. The van der Waals surface area contributed by atoms with E-state index in [-0.39, 0.29) is 17.7 Å². The van der Waals surface area contributed by atoms with Crippen molar-refractivity contribution in [1.82, 2.24) is 4.90 Å². The van der Waals surface area contributed by atoms with Crippen LogP contribution in [-0.2, 0) is 0 Å². The summed E-state index contributed by atoms with van der Waals surface area (Å²) in [6.45, 7) is 2.51. The van der Waals surface area contributed by atoms with Gasteiger partial charge < -0.3 is 0 Å². The first-order valence-corrected chi connectivity index (χ1v) is 7.66. The summed E-state index contributed by atoms with van der Waals surface area (Å²) >= 11 is 5.89. The molecule has 1 aliphatic rings. The molecule has 0 bridgehead atoms. The van der Waals surface area contributed by atoms with Gasteiger partial charge in [-0.05, 0) is 42.2 Å². The Kier molecular flexibility index (Phi) is 3.99. The van der Waals surface area contributed by atoms with E-state index in [0.29, 0.717) is 22.7 Å². The molecule has 0 spiro atoms. The maximum absolute atomic E-state index is 12.3. The van der Waals surface area contributed by atoms with Gasteiger partial charge in [0.25, 0.3) is 11.8 Å². The molecule has 0 saturated carbocycles. The lowest BCUT2D eigenvalue weighted by atomic mass is 9.98. The lowest BCUT2D eigenvalue weighted by Crippen LogP contribution is -2.31. The monoisotopic (exact) mass is 313 g/mol. The molecule has 0 aromatic heterocycles. The van der Waals surface area contributed by atoms with Gasteiger partial charge >= 0.3 is 0 Å². The number of imide groups is 1. The number of nitrogens with zero attached hydrogens (tertiary/aromatic N) is 1. The fourth-order valence-electron chi connectivity index (χ4n) is 2.72. The summed E-state index contributed by atoms with van der Waals surface area (Å²) in [6.07, 6.45) is 0.729. The number of hydrogen-bond donors (Lipinski definition) is 0. The van der Waals surface area contributed by atoms with Crippen molar-refractivity contribution in [2.75, 3.05) is 6.54 Å². The van der Waals surface area contributed by atoms with Gasteiger partial charge in [-0.15, -0.1) is 0 Å². The van der Waals surface area contributed by atoms with Crippen LogP contribution in [0.2, 0.25) is 5.02 Å². The Labute approximate surface area is 134 Å². The van der Waals surface area contributed by atoms with Crippen molar-refractivity contribution in [2.24, 2.45) is 0 Å². The van der Waals surface area contributed by atoms with Crippen LogP contribution in [0.4, 0.5) is 0 Å². The number of hydrogen-bond acceptors (Lipinski definition) is 2. The molecule has 112 valence electrons. The predicted octanol–water partition coefficient (Wildman–Crippen LogP) is 4.13. The highest BCUT2D eigenvalue weighted by atomic mass is 35.5. The average Bonchev–Trinajstić information content (AvgIpc) is 2.78. The van der Waals surface area contributed by atoms with Crippen LogP contribution in [0.25, 0.3) is 0 Å². The zero-order valence-electron chi connectivity index (χ0n) is 12.3. The molecule has 2 aromatic rings. The number of carbonyl (C=O) groups is 2. The quantitative estimate of drug-likeness (QED) is 0.796. The Balaban J connectivity index is 1.69. The van der Waals surface area contributed by atoms with Crippen molar-refractivity contribution < 1.29 is 9.59 Å². The molecule has 3 nitrogen and oxygen atoms in total. The maximum atomic E-state index is 12.3. The van der Waals surface area contributed by atoms with Crippen molar-refractivity contribution >= 4 is 23.4 Å². The van der Waals surface area contributed by atoms with Crippen LogP contribution in [0.5, 0.6) is 0 Å². The van der Waals surface area contributed by atoms with Crippen LogP contribution in [0.3, 0.4) is 0 Å². The second-order valence-electron chi connectivity index (χ2n) is 5.55. The van der Waals surface area contributed by atoms with Gasteiger partial charge in [-0.3, -0.25) is 14.5 Å². The highest BCUT2D eigenvalue weighted by molar-refractivity contribution is 6.30. The number of fused-ring (bicyclic) bond motifs is 1. The molecular weight excluding hydrogens is 298 g/mol. The fraction of sp³-hybridized carbons (Fsp3) is 0.222. The van der Waals surface area contributed by atoms with E-state index in [2.05, 4.69) is 6.92 Å². The number of carbonyl (C=O) groups excluding carboxylic acids is 2. The zero-order valence-corrected chi connectivity index (χ0v) is 13.0. The summed E-state index contributed by atoms with van der Waals surface area (Å²) in [5.74, 6) is -0.130. The average molecular weight is 314 g/mol. The van der Waals surface area contributed by atoms with E-state index in [9.17, 15) is 9.59 Å². The predicted molar refractivity (Wildman–Crippen MR) is 86.3 cm³/mol. The summed E-state index contributed by atoms with van der Waals surface area (Å²) in [4.78, 5) is 25.9. The molecule has 0 fully saturated rings. The summed E-state index contributed by atoms with van der Waals surface area (Å²) in [5.41, 5.74) is 2.17. The van der Waals surface area contributed by atoms with E-state index in [1.807, 2.05) is 24.3 Å². The lowest BCUT2D eigenvalue weighted by molar-refractivity contribution is 0.0650.